The number of ketones is 1. The first kappa shape index (κ1) is 22.5. The summed E-state index contributed by atoms with van der Waals surface area (Å²) >= 11 is 6.54. The second kappa shape index (κ2) is 8.73. The highest BCUT2D eigenvalue weighted by Crippen LogP contribution is 2.36. The van der Waals surface area contributed by atoms with Gasteiger partial charge in [-0.2, -0.15) is 13.2 Å². The SMILES string of the molecule is CC(O)SCC(=O)c1ccc(NS(=O)(=O)c2ccc(Cl)c(C(F)(F)F)c2)cc1. The van der Waals surface area contributed by atoms with E-state index in [0.29, 0.717) is 11.6 Å². The van der Waals surface area contributed by atoms with E-state index < -0.39 is 37.1 Å². The number of aliphatic hydroxyl groups is 1. The molecule has 0 fully saturated rings. The Balaban J connectivity index is 2.20. The van der Waals surface area contributed by atoms with Gasteiger partial charge in [-0.1, -0.05) is 11.6 Å². The van der Waals surface area contributed by atoms with Crippen LogP contribution in [0, 0.1) is 0 Å². The number of halogens is 4. The van der Waals surface area contributed by atoms with Gasteiger partial charge < -0.3 is 5.11 Å². The zero-order valence-electron chi connectivity index (χ0n) is 14.3. The topological polar surface area (TPSA) is 83.5 Å². The van der Waals surface area contributed by atoms with Crippen LogP contribution in [-0.4, -0.2) is 30.5 Å². The molecule has 2 aromatic rings. The molecule has 0 amide bonds. The maximum atomic E-state index is 12.9. The van der Waals surface area contributed by atoms with Crippen molar-refractivity contribution in [3.63, 3.8) is 0 Å². The number of sulfonamides is 1. The molecule has 2 N–H and O–H groups in total. The third-order valence-electron chi connectivity index (χ3n) is 3.47. The van der Waals surface area contributed by atoms with Crippen molar-refractivity contribution >= 4 is 44.9 Å². The van der Waals surface area contributed by atoms with Gasteiger partial charge in [0.1, 0.15) is 0 Å². The molecular weight excluding hydrogens is 439 g/mol. The standard InChI is InChI=1S/C17H15ClF3NO4S2/c1-10(23)27-9-16(24)11-2-4-12(5-3-11)22-28(25,26)13-6-7-15(18)14(8-13)17(19,20)21/h2-8,10,22-23H,9H2,1H3. The van der Waals surface area contributed by atoms with E-state index >= 15 is 0 Å². The molecule has 0 saturated heterocycles. The molecule has 152 valence electrons. The van der Waals surface area contributed by atoms with Crippen molar-refractivity contribution in [1.29, 1.82) is 0 Å². The summed E-state index contributed by atoms with van der Waals surface area (Å²) in [5, 5.41) is 8.56. The summed E-state index contributed by atoms with van der Waals surface area (Å²) in [7, 11) is -4.30. The Morgan fingerprint density at radius 3 is 2.36 bits per heavy atom. The van der Waals surface area contributed by atoms with Crippen molar-refractivity contribution in [1.82, 2.24) is 0 Å². The minimum Gasteiger partial charge on any atom is -0.383 e. The van der Waals surface area contributed by atoms with Gasteiger partial charge in [0.2, 0.25) is 0 Å². The van der Waals surface area contributed by atoms with E-state index in [1.54, 1.807) is 0 Å². The van der Waals surface area contributed by atoms with Crippen molar-refractivity contribution in [2.45, 2.75) is 23.4 Å². The molecule has 2 rings (SSSR count). The summed E-state index contributed by atoms with van der Waals surface area (Å²) in [6, 6.07) is 7.68. The van der Waals surface area contributed by atoms with E-state index in [9.17, 15) is 31.5 Å². The molecule has 1 atom stereocenters. The first-order valence-corrected chi connectivity index (χ1v) is 10.6. The molecule has 5 nitrogen and oxygen atoms in total. The van der Waals surface area contributed by atoms with Crippen LogP contribution in [0.25, 0.3) is 0 Å². The van der Waals surface area contributed by atoms with Gasteiger partial charge >= 0.3 is 6.18 Å². The zero-order valence-corrected chi connectivity index (χ0v) is 16.7. The Bertz CT molecular complexity index is 961. The van der Waals surface area contributed by atoms with E-state index in [-0.39, 0.29) is 17.2 Å². The Morgan fingerprint density at radius 2 is 1.82 bits per heavy atom. The predicted molar refractivity (Wildman–Crippen MR) is 102 cm³/mol. The van der Waals surface area contributed by atoms with Gasteiger partial charge in [0.15, 0.2) is 5.78 Å². The lowest BCUT2D eigenvalue weighted by atomic mass is 10.1. The number of hydrogen-bond donors (Lipinski definition) is 2. The second-order valence-corrected chi connectivity index (χ2v) is 9.05. The molecule has 0 radical (unpaired) electrons. The fourth-order valence-electron chi connectivity index (χ4n) is 2.11. The number of Topliss-reactive ketones (excluding diaryl/α,β-unsaturated/α-hetero) is 1. The highest BCUT2D eigenvalue weighted by molar-refractivity contribution is 8.00. The van der Waals surface area contributed by atoms with Crippen LogP contribution in [-0.2, 0) is 16.2 Å². The molecule has 2 aromatic carbocycles. The van der Waals surface area contributed by atoms with E-state index in [1.807, 2.05) is 0 Å². The van der Waals surface area contributed by atoms with Gasteiger partial charge in [0.25, 0.3) is 10.0 Å². The van der Waals surface area contributed by atoms with Crippen LogP contribution < -0.4 is 4.72 Å². The number of carbonyl (C=O) groups is 1. The fourth-order valence-corrected chi connectivity index (χ4v) is 3.98. The Labute approximate surface area is 169 Å². The zero-order chi connectivity index (χ0) is 21.1. The first-order chi connectivity index (χ1) is 12.9. The largest absolute Gasteiger partial charge is 0.417 e. The third kappa shape index (κ3) is 5.87. The van der Waals surface area contributed by atoms with Gasteiger partial charge in [0.05, 0.1) is 26.7 Å². The molecule has 0 aromatic heterocycles. The molecule has 0 bridgehead atoms. The van der Waals surface area contributed by atoms with Crippen LogP contribution >= 0.6 is 23.4 Å². The lowest BCUT2D eigenvalue weighted by Gasteiger charge is -2.13. The van der Waals surface area contributed by atoms with Crippen molar-refractivity contribution in [3.05, 3.63) is 58.6 Å². The molecule has 0 aliphatic carbocycles. The van der Waals surface area contributed by atoms with Crippen LogP contribution in [0.3, 0.4) is 0 Å². The molecule has 0 saturated carbocycles. The number of benzene rings is 2. The summed E-state index contributed by atoms with van der Waals surface area (Å²) in [5.74, 6) is -0.207. The van der Waals surface area contributed by atoms with Gasteiger partial charge in [-0.15, -0.1) is 11.8 Å². The first-order valence-electron chi connectivity index (χ1n) is 7.72. The second-order valence-electron chi connectivity index (χ2n) is 5.66. The summed E-state index contributed by atoms with van der Waals surface area (Å²) in [5.41, 5.74) is -1.57. The van der Waals surface area contributed by atoms with Crippen LogP contribution in [0.4, 0.5) is 18.9 Å². The normalized spacial score (nSPS) is 13.2. The van der Waals surface area contributed by atoms with Crippen LogP contribution in [0.1, 0.15) is 22.8 Å². The minimum absolute atomic E-state index is 0.0493. The average Bonchev–Trinajstić information content (AvgIpc) is 2.59. The average molecular weight is 454 g/mol. The van der Waals surface area contributed by atoms with E-state index in [2.05, 4.69) is 4.72 Å². The van der Waals surface area contributed by atoms with Gasteiger partial charge in [-0.05, 0) is 49.4 Å². The Morgan fingerprint density at radius 1 is 1.21 bits per heavy atom. The van der Waals surface area contributed by atoms with Crippen molar-refractivity contribution < 1.29 is 31.5 Å². The number of nitrogens with one attached hydrogen (secondary N) is 1. The highest BCUT2D eigenvalue weighted by atomic mass is 35.5. The van der Waals surface area contributed by atoms with E-state index in [1.165, 1.54) is 31.2 Å². The summed E-state index contributed by atoms with van der Waals surface area (Å²) in [4.78, 5) is 11.3. The van der Waals surface area contributed by atoms with Crippen LogP contribution in [0.5, 0.6) is 0 Å². The molecule has 28 heavy (non-hydrogen) atoms. The van der Waals surface area contributed by atoms with Crippen LogP contribution in [0.15, 0.2) is 47.4 Å². The number of anilines is 1. The highest BCUT2D eigenvalue weighted by Gasteiger charge is 2.34. The summed E-state index contributed by atoms with van der Waals surface area (Å²) in [6.45, 7) is 1.52. The van der Waals surface area contributed by atoms with Crippen molar-refractivity contribution in [2.75, 3.05) is 10.5 Å². The number of carbonyl (C=O) groups excluding carboxylic acids is 1. The monoisotopic (exact) mass is 453 g/mol. The minimum atomic E-state index is -4.80. The number of alkyl halides is 3. The van der Waals surface area contributed by atoms with Gasteiger partial charge in [-0.25, -0.2) is 8.42 Å². The smallest absolute Gasteiger partial charge is 0.383 e. The van der Waals surface area contributed by atoms with E-state index in [4.69, 9.17) is 11.6 Å². The summed E-state index contributed by atoms with van der Waals surface area (Å²) in [6.07, 6.45) is -4.80. The number of aliphatic hydroxyl groups excluding tert-OH is 1. The third-order valence-corrected chi connectivity index (χ3v) is 6.09. The maximum absolute atomic E-state index is 12.9. The molecule has 0 spiro atoms. The number of rotatable bonds is 7. The molecule has 1 unspecified atom stereocenters. The summed E-state index contributed by atoms with van der Waals surface area (Å²) < 4.78 is 65.7. The maximum Gasteiger partial charge on any atom is 0.417 e. The van der Waals surface area contributed by atoms with Crippen molar-refractivity contribution in [3.8, 4) is 0 Å². The lowest BCUT2D eigenvalue weighted by Crippen LogP contribution is -2.15. The molecular formula is C17H15ClF3NO4S2. The predicted octanol–water partition coefficient (Wildman–Crippen LogP) is 4.41. The van der Waals surface area contributed by atoms with Crippen LogP contribution in [0.2, 0.25) is 5.02 Å². The van der Waals surface area contributed by atoms with Gasteiger partial charge in [0, 0.05) is 11.3 Å². The molecule has 11 heteroatoms. The molecule has 0 aliphatic heterocycles. The fraction of sp³-hybridized carbons (Fsp3) is 0.235. The Hall–Kier alpha value is -1.75. The molecule has 0 heterocycles. The lowest BCUT2D eigenvalue weighted by molar-refractivity contribution is -0.137. The van der Waals surface area contributed by atoms with Gasteiger partial charge in [-0.3, -0.25) is 9.52 Å². The number of hydrogen-bond acceptors (Lipinski definition) is 5. The Kier molecular flexibility index (Phi) is 7.02. The van der Waals surface area contributed by atoms with E-state index in [0.717, 1.165) is 23.9 Å². The quantitative estimate of drug-likeness (QED) is 0.479. The number of thioether (sulfide) groups is 1. The van der Waals surface area contributed by atoms with Crippen molar-refractivity contribution in [2.24, 2.45) is 0 Å². The molecule has 0 aliphatic rings.